The van der Waals surface area contributed by atoms with Gasteiger partial charge in [0, 0.05) is 6.20 Å². The molecule has 0 aliphatic carbocycles. The number of aryl methyl sites for hydroxylation is 1. The molecular weight excluding hydrogens is 406 g/mol. The first-order valence-electron chi connectivity index (χ1n) is 5.77. The molecule has 0 atom stereocenters. The first-order chi connectivity index (χ1) is 10.4. The second-order valence-corrected chi connectivity index (χ2v) is 6.98. The predicted octanol–water partition coefficient (Wildman–Crippen LogP) is 6.39. The number of imidazole rings is 1. The van der Waals surface area contributed by atoms with Gasteiger partial charge in [-0.2, -0.15) is 22.0 Å². The summed E-state index contributed by atoms with van der Waals surface area (Å²) in [6, 6.07) is 1.40. The fourth-order valence-electron chi connectivity index (χ4n) is 1.80. The van der Waals surface area contributed by atoms with Crippen LogP contribution in [0, 0.1) is 6.92 Å². The van der Waals surface area contributed by atoms with Gasteiger partial charge in [0.05, 0.1) is 21.3 Å². The van der Waals surface area contributed by atoms with Crippen LogP contribution in [0.1, 0.15) is 11.4 Å². The summed E-state index contributed by atoms with van der Waals surface area (Å²) < 4.78 is 61.4. The summed E-state index contributed by atoms with van der Waals surface area (Å²) in [4.78, 5) is 3.85. The molecule has 0 aliphatic rings. The molecule has 1 aromatic carbocycles. The quantitative estimate of drug-likeness (QED) is 0.331. The molecule has 2 rings (SSSR count). The molecule has 0 fully saturated rings. The van der Waals surface area contributed by atoms with Crippen molar-refractivity contribution in [2.45, 2.75) is 22.8 Å². The van der Waals surface area contributed by atoms with E-state index in [1.165, 1.54) is 11.5 Å². The summed E-state index contributed by atoms with van der Waals surface area (Å²) in [6.45, 7) is 1.46. The van der Waals surface area contributed by atoms with Gasteiger partial charge in [0.25, 0.3) is 0 Å². The molecule has 11 heteroatoms. The van der Waals surface area contributed by atoms with Crippen LogP contribution in [0.2, 0.25) is 10.0 Å². The molecule has 1 heterocycles. The van der Waals surface area contributed by atoms with Crippen molar-refractivity contribution < 1.29 is 22.0 Å². The van der Waals surface area contributed by atoms with Gasteiger partial charge in [0.2, 0.25) is 0 Å². The number of thioether (sulfide) groups is 1. The van der Waals surface area contributed by atoms with Gasteiger partial charge in [-0.05, 0) is 42.4 Å². The van der Waals surface area contributed by atoms with Gasteiger partial charge in [0.1, 0.15) is 10.9 Å². The highest BCUT2D eigenvalue weighted by Gasteiger charge is 2.33. The monoisotopic (exact) mass is 410 g/mol. The number of benzene rings is 1. The van der Waals surface area contributed by atoms with Gasteiger partial charge < -0.3 is 0 Å². The minimum atomic E-state index is -4.61. The van der Waals surface area contributed by atoms with Crippen molar-refractivity contribution in [3.63, 3.8) is 0 Å². The molecule has 1 aromatic heterocycles. The van der Waals surface area contributed by atoms with Crippen LogP contribution in [0.25, 0.3) is 5.69 Å². The third-order valence-corrected chi connectivity index (χ3v) is 4.11. The number of alkyl halides is 6. The Balaban J connectivity index is 2.51. The third kappa shape index (κ3) is 4.43. The summed E-state index contributed by atoms with van der Waals surface area (Å²) in [7, 11) is 0. The van der Waals surface area contributed by atoms with Gasteiger partial charge >= 0.3 is 10.9 Å². The fourth-order valence-corrected chi connectivity index (χ4v) is 3.28. The van der Waals surface area contributed by atoms with Crippen molar-refractivity contribution in [3.8, 4) is 5.69 Å². The highest BCUT2D eigenvalue weighted by molar-refractivity contribution is 8.01. The summed E-state index contributed by atoms with van der Waals surface area (Å²) in [5, 5.41) is -0.714. The zero-order valence-electron chi connectivity index (χ0n) is 11.1. The standard InChI is InChI=1S/C12H6Cl3F5N2S/c1-5-21-9(23-12(15,19)20)4-22(5)10-7(13)2-6(3-8(10)14)11(16,17)18/h2-4H,1H3. The van der Waals surface area contributed by atoms with Crippen molar-refractivity contribution >= 4 is 46.6 Å². The first kappa shape index (κ1) is 18.6. The number of aromatic nitrogens is 2. The molecule has 2 aromatic rings. The van der Waals surface area contributed by atoms with Gasteiger partial charge in [-0.3, -0.25) is 4.57 Å². The van der Waals surface area contributed by atoms with Crippen LogP contribution in [0.5, 0.6) is 0 Å². The average Bonchev–Trinajstić information content (AvgIpc) is 2.65. The maximum absolute atomic E-state index is 12.8. The summed E-state index contributed by atoms with van der Waals surface area (Å²) in [5.41, 5.74) is -1.01. The molecule has 23 heavy (non-hydrogen) atoms. The zero-order chi connectivity index (χ0) is 17.6. The fraction of sp³-hybridized carbons (Fsp3) is 0.250. The number of halogens is 8. The smallest absolute Gasteiger partial charge is 0.300 e. The molecule has 0 unspecified atom stereocenters. The van der Waals surface area contributed by atoms with Crippen LogP contribution in [0.4, 0.5) is 22.0 Å². The lowest BCUT2D eigenvalue weighted by Gasteiger charge is -2.13. The molecule has 126 valence electrons. The Morgan fingerprint density at radius 2 is 1.61 bits per heavy atom. The van der Waals surface area contributed by atoms with Gasteiger partial charge in [0.15, 0.2) is 0 Å². The predicted molar refractivity (Wildman–Crippen MR) is 80.0 cm³/mol. The number of rotatable bonds is 3. The highest BCUT2D eigenvalue weighted by Crippen LogP contribution is 2.41. The molecule has 0 amide bonds. The molecule has 0 N–H and O–H groups in total. The minimum absolute atomic E-state index is 0.0103. The van der Waals surface area contributed by atoms with E-state index >= 15 is 0 Å². The highest BCUT2D eigenvalue weighted by atomic mass is 35.5. The van der Waals surface area contributed by atoms with Gasteiger partial charge in [-0.1, -0.05) is 23.2 Å². The van der Waals surface area contributed by atoms with Crippen molar-refractivity contribution in [2.24, 2.45) is 0 Å². The Hall–Kier alpha value is -0.700. The SMILES string of the molecule is Cc1nc(SC(F)(F)Cl)cn1-c1c(Cl)cc(C(F)(F)F)cc1Cl. The van der Waals surface area contributed by atoms with E-state index in [-0.39, 0.29) is 38.3 Å². The second-order valence-electron chi connectivity index (χ2n) is 4.33. The van der Waals surface area contributed by atoms with Crippen LogP contribution >= 0.6 is 46.6 Å². The second kappa shape index (κ2) is 6.31. The van der Waals surface area contributed by atoms with E-state index in [0.29, 0.717) is 12.1 Å². The Kier molecular flexibility index (Phi) is 5.11. The number of nitrogens with zero attached hydrogens (tertiary/aromatic N) is 2. The summed E-state index contributed by atoms with van der Waals surface area (Å²) in [6.07, 6.45) is -3.45. The van der Waals surface area contributed by atoms with Crippen molar-refractivity contribution in [1.82, 2.24) is 9.55 Å². The number of hydrogen-bond acceptors (Lipinski definition) is 2. The molecular formula is C12H6Cl3F5N2S. The zero-order valence-corrected chi connectivity index (χ0v) is 14.1. The van der Waals surface area contributed by atoms with E-state index in [9.17, 15) is 22.0 Å². The summed E-state index contributed by atoms with van der Waals surface area (Å²) in [5.74, 6) is 0.206. The largest absolute Gasteiger partial charge is 0.416 e. The lowest BCUT2D eigenvalue weighted by molar-refractivity contribution is -0.137. The molecule has 0 saturated heterocycles. The Morgan fingerprint density at radius 1 is 1.09 bits per heavy atom. The van der Waals surface area contributed by atoms with Crippen molar-refractivity contribution in [1.29, 1.82) is 0 Å². The molecule has 0 spiro atoms. The normalized spacial score (nSPS) is 12.7. The van der Waals surface area contributed by atoms with E-state index in [1.807, 2.05) is 0 Å². The van der Waals surface area contributed by atoms with E-state index in [4.69, 9.17) is 34.8 Å². The third-order valence-electron chi connectivity index (χ3n) is 2.67. The van der Waals surface area contributed by atoms with Crippen LogP contribution in [0.3, 0.4) is 0 Å². The maximum Gasteiger partial charge on any atom is 0.416 e. The van der Waals surface area contributed by atoms with Gasteiger partial charge in [-0.25, -0.2) is 4.98 Å². The van der Waals surface area contributed by atoms with E-state index in [2.05, 4.69) is 4.98 Å². The van der Waals surface area contributed by atoms with Crippen LogP contribution in [-0.4, -0.2) is 14.3 Å². The van der Waals surface area contributed by atoms with Crippen molar-refractivity contribution in [2.75, 3.05) is 0 Å². The Morgan fingerprint density at radius 3 is 2.04 bits per heavy atom. The maximum atomic E-state index is 12.8. The van der Waals surface area contributed by atoms with E-state index in [1.54, 1.807) is 0 Å². The topological polar surface area (TPSA) is 17.8 Å². The van der Waals surface area contributed by atoms with Crippen molar-refractivity contribution in [3.05, 3.63) is 39.8 Å². The lowest BCUT2D eigenvalue weighted by Crippen LogP contribution is -2.07. The molecule has 0 radical (unpaired) electrons. The van der Waals surface area contributed by atoms with E-state index in [0.717, 1.165) is 6.20 Å². The first-order valence-corrected chi connectivity index (χ1v) is 7.72. The average molecular weight is 412 g/mol. The van der Waals surface area contributed by atoms with E-state index < -0.39 is 16.5 Å². The molecule has 0 bridgehead atoms. The van der Waals surface area contributed by atoms with Crippen LogP contribution in [0.15, 0.2) is 23.4 Å². The minimum Gasteiger partial charge on any atom is -0.300 e. The Bertz CT molecular complexity index is 716. The van der Waals surface area contributed by atoms with Gasteiger partial charge in [-0.15, -0.1) is 0 Å². The lowest BCUT2D eigenvalue weighted by atomic mass is 10.2. The Labute approximate surface area is 146 Å². The summed E-state index contributed by atoms with van der Waals surface area (Å²) >= 11 is 16.5. The van der Waals surface area contributed by atoms with Crippen LogP contribution < -0.4 is 0 Å². The molecule has 2 nitrogen and oxygen atoms in total. The van der Waals surface area contributed by atoms with Crippen LogP contribution in [-0.2, 0) is 6.18 Å². The number of hydrogen-bond donors (Lipinski definition) is 0. The molecule has 0 aliphatic heterocycles. The molecule has 0 saturated carbocycles.